The van der Waals surface area contributed by atoms with E-state index in [-0.39, 0.29) is 12.0 Å². The van der Waals surface area contributed by atoms with Crippen molar-refractivity contribution in [1.82, 2.24) is 4.90 Å². The summed E-state index contributed by atoms with van der Waals surface area (Å²) in [5, 5.41) is 9.00. The van der Waals surface area contributed by atoms with Gasteiger partial charge in [0.25, 0.3) is 0 Å². The second-order valence-corrected chi connectivity index (χ2v) is 5.41. The molecule has 2 atom stereocenters. The lowest BCUT2D eigenvalue weighted by Gasteiger charge is -2.43. The molecule has 2 unspecified atom stereocenters. The number of nitrogens with zero attached hydrogens (tertiary/aromatic N) is 1. The molecule has 0 spiro atoms. The molecule has 1 aliphatic heterocycles. The summed E-state index contributed by atoms with van der Waals surface area (Å²) in [5.74, 6) is 0.375. The van der Waals surface area contributed by atoms with Gasteiger partial charge in [0, 0.05) is 25.7 Å². The van der Waals surface area contributed by atoms with Gasteiger partial charge in [-0.15, -0.1) is 0 Å². The Morgan fingerprint density at radius 1 is 1.57 bits per heavy atom. The average Bonchev–Trinajstić information content (AvgIpc) is 2.11. The van der Waals surface area contributed by atoms with Gasteiger partial charge in [0.15, 0.2) is 0 Å². The standard InChI is InChI=1S/C11H24N2O/c1-9(7-14)6-13-5-4-10(12)11(2,3)8-13/h9-10,14H,4-8,12H2,1-3H3. The van der Waals surface area contributed by atoms with E-state index in [9.17, 15) is 0 Å². The number of aliphatic hydroxyl groups excluding tert-OH is 1. The Hall–Kier alpha value is -0.120. The molecule has 0 bridgehead atoms. The highest BCUT2D eigenvalue weighted by atomic mass is 16.3. The topological polar surface area (TPSA) is 49.5 Å². The second kappa shape index (κ2) is 4.60. The second-order valence-electron chi connectivity index (χ2n) is 5.41. The van der Waals surface area contributed by atoms with E-state index in [0.29, 0.717) is 12.0 Å². The number of rotatable bonds is 3. The van der Waals surface area contributed by atoms with Crippen molar-refractivity contribution < 1.29 is 5.11 Å². The van der Waals surface area contributed by atoms with Gasteiger partial charge in [-0.3, -0.25) is 0 Å². The number of hydrogen-bond acceptors (Lipinski definition) is 3. The molecular formula is C11H24N2O. The predicted molar refractivity (Wildman–Crippen MR) is 59.1 cm³/mol. The molecule has 1 heterocycles. The molecule has 1 rings (SSSR count). The number of aliphatic hydroxyl groups is 1. The number of likely N-dealkylation sites (tertiary alicyclic amines) is 1. The van der Waals surface area contributed by atoms with Gasteiger partial charge in [-0.2, -0.15) is 0 Å². The Kier molecular flexibility index (Phi) is 3.93. The zero-order valence-electron chi connectivity index (χ0n) is 9.66. The van der Waals surface area contributed by atoms with Gasteiger partial charge in [-0.05, 0) is 24.3 Å². The average molecular weight is 200 g/mol. The Balaban J connectivity index is 2.43. The molecule has 0 saturated carbocycles. The molecule has 0 aromatic rings. The lowest BCUT2D eigenvalue weighted by molar-refractivity contribution is 0.0737. The van der Waals surface area contributed by atoms with Crippen LogP contribution in [0.25, 0.3) is 0 Å². The Morgan fingerprint density at radius 3 is 2.71 bits per heavy atom. The van der Waals surface area contributed by atoms with Crippen LogP contribution >= 0.6 is 0 Å². The first-order chi connectivity index (χ1) is 6.45. The molecule has 0 aromatic carbocycles. The van der Waals surface area contributed by atoms with E-state index in [2.05, 4.69) is 25.7 Å². The van der Waals surface area contributed by atoms with Crippen LogP contribution in [0.5, 0.6) is 0 Å². The molecule has 0 amide bonds. The molecule has 1 saturated heterocycles. The molecule has 0 aromatic heterocycles. The van der Waals surface area contributed by atoms with Crippen molar-refractivity contribution in [2.45, 2.75) is 33.2 Å². The molecule has 1 fully saturated rings. The highest BCUT2D eigenvalue weighted by molar-refractivity contribution is 4.89. The van der Waals surface area contributed by atoms with Crippen LogP contribution in [0, 0.1) is 11.3 Å². The summed E-state index contributed by atoms with van der Waals surface area (Å²) in [7, 11) is 0. The fourth-order valence-corrected chi connectivity index (χ4v) is 2.14. The number of hydrogen-bond donors (Lipinski definition) is 2. The summed E-state index contributed by atoms with van der Waals surface area (Å²) in [6, 6.07) is 0.322. The molecule has 14 heavy (non-hydrogen) atoms. The monoisotopic (exact) mass is 200 g/mol. The summed E-state index contributed by atoms with van der Waals surface area (Å²) in [6.07, 6.45) is 1.07. The molecule has 1 aliphatic rings. The largest absolute Gasteiger partial charge is 0.396 e. The number of piperidine rings is 1. The van der Waals surface area contributed by atoms with Crippen molar-refractivity contribution in [3.8, 4) is 0 Å². The van der Waals surface area contributed by atoms with Gasteiger partial charge in [-0.25, -0.2) is 0 Å². The molecule has 84 valence electrons. The highest BCUT2D eigenvalue weighted by Crippen LogP contribution is 2.27. The van der Waals surface area contributed by atoms with Gasteiger partial charge < -0.3 is 15.7 Å². The third-order valence-corrected chi connectivity index (χ3v) is 3.27. The van der Waals surface area contributed by atoms with Crippen molar-refractivity contribution in [1.29, 1.82) is 0 Å². The maximum atomic E-state index is 9.00. The van der Waals surface area contributed by atoms with Crippen LogP contribution in [0.15, 0.2) is 0 Å². The van der Waals surface area contributed by atoms with Gasteiger partial charge in [0.05, 0.1) is 0 Å². The van der Waals surface area contributed by atoms with E-state index in [4.69, 9.17) is 10.8 Å². The van der Waals surface area contributed by atoms with Crippen LogP contribution in [0.4, 0.5) is 0 Å². The SMILES string of the molecule is CC(CO)CN1CCC(N)C(C)(C)C1. The number of nitrogens with two attached hydrogens (primary N) is 1. The summed E-state index contributed by atoms with van der Waals surface area (Å²) < 4.78 is 0. The van der Waals surface area contributed by atoms with Crippen LogP contribution in [0.2, 0.25) is 0 Å². The minimum atomic E-state index is 0.216. The van der Waals surface area contributed by atoms with E-state index < -0.39 is 0 Å². The maximum absolute atomic E-state index is 9.00. The van der Waals surface area contributed by atoms with E-state index in [1.54, 1.807) is 0 Å². The van der Waals surface area contributed by atoms with Crippen LogP contribution < -0.4 is 5.73 Å². The smallest absolute Gasteiger partial charge is 0.0468 e. The van der Waals surface area contributed by atoms with Crippen molar-refractivity contribution >= 4 is 0 Å². The van der Waals surface area contributed by atoms with Crippen LogP contribution in [-0.4, -0.2) is 42.3 Å². The van der Waals surface area contributed by atoms with E-state index in [1.165, 1.54) is 0 Å². The maximum Gasteiger partial charge on any atom is 0.0468 e. The van der Waals surface area contributed by atoms with Gasteiger partial charge in [-0.1, -0.05) is 20.8 Å². The molecule has 3 heteroatoms. The molecule has 0 aliphatic carbocycles. The first kappa shape index (κ1) is 12.0. The minimum absolute atomic E-state index is 0.216. The summed E-state index contributed by atoms with van der Waals surface area (Å²) in [6.45, 7) is 9.95. The molecular weight excluding hydrogens is 176 g/mol. The summed E-state index contributed by atoms with van der Waals surface area (Å²) >= 11 is 0. The Labute approximate surface area is 87.3 Å². The lowest BCUT2D eigenvalue weighted by Crippen LogP contribution is -2.53. The van der Waals surface area contributed by atoms with Crippen LogP contribution in [0.1, 0.15) is 27.2 Å². The normalized spacial score (nSPS) is 30.2. The first-order valence-corrected chi connectivity index (χ1v) is 5.54. The zero-order chi connectivity index (χ0) is 10.8. The zero-order valence-corrected chi connectivity index (χ0v) is 9.66. The molecule has 0 radical (unpaired) electrons. The fourth-order valence-electron chi connectivity index (χ4n) is 2.14. The van der Waals surface area contributed by atoms with Gasteiger partial charge in [0.2, 0.25) is 0 Å². The van der Waals surface area contributed by atoms with E-state index >= 15 is 0 Å². The summed E-state index contributed by atoms with van der Waals surface area (Å²) in [4.78, 5) is 2.42. The first-order valence-electron chi connectivity index (χ1n) is 5.54. The summed E-state index contributed by atoms with van der Waals surface area (Å²) in [5.41, 5.74) is 6.28. The van der Waals surface area contributed by atoms with Gasteiger partial charge in [0.1, 0.15) is 0 Å². The van der Waals surface area contributed by atoms with Gasteiger partial charge >= 0.3 is 0 Å². The van der Waals surface area contributed by atoms with E-state index in [1.807, 2.05) is 0 Å². The van der Waals surface area contributed by atoms with E-state index in [0.717, 1.165) is 26.1 Å². The predicted octanol–water partition coefficient (Wildman–Crippen LogP) is 0.674. The highest BCUT2D eigenvalue weighted by Gasteiger charge is 2.33. The Morgan fingerprint density at radius 2 is 2.21 bits per heavy atom. The molecule has 3 nitrogen and oxygen atoms in total. The fraction of sp³-hybridized carbons (Fsp3) is 1.00. The lowest BCUT2D eigenvalue weighted by atomic mass is 9.79. The molecule has 3 N–H and O–H groups in total. The van der Waals surface area contributed by atoms with Crippen molar-refractivity contribution in [2.75, 3.05) is 26.2 Å². The Bertz CT molecular complexity index is 182. The minimum Gasteiger partial charge on any atom is -0.396 e. The quantitative estimate of drug-likeness (QED) is 0.704. The van der Waals surface area contributed by atoms with Crippen molar-refractivity contribution in [3.05, 3.63) is 0 Å². The third-order valence-electron chi connectivity index (χ3n) is 3.27. The third kappa shape index (κ3) is 2.94. The van der Waals surface area contributed by atoms with Crippen LogP contribution in [0.3, 0.4) is 0 Å². The van der Waals surface area contributed by atoms with Crippen molar-refractivity contribution in [3.63, 3.8) is 0 Å². The van der Waals surface area contributed by atoms with Crippen molar-refractivity contribution in [2.24, 2.45) is 17.1 Å². The van der Waals surface area contributed by atoms with Crippen LogP contribution in [-0.2, 0) is 0 Å².